The number of terminal acetylenes is 1. The molecule has 1 saturated heterocycles. The molecule has 0 spiro atoms. The van der Waals surface area contributed by atoms with Gasteiger partial charge in [-0.15, -0.1) is 6.42 Å². The van der Waals surface area contributed by atoms with Crippen LogP contribution in [-0.4, -0.2) is 23.9 Å². The molecule has 2 nitrogen and oxygen atoms in total. The predicted molar refractivity (Wildman–Crippen MR) is 43.0 cm³/mol. The van der Waals surface area contributed by atoms with Gasteiger partial charge in [-0.05, 0) is 12.8 Å². The number of hydrogen-bond acceptors (Lipinski definition) is 2. The molecule has 3 unspecified atom stereocenters. The van der Waals surface area contributed by atoms with Gasteiger partial charge >= 0.3 is 0 Å². The Balaban J connectivity index is 2.50. The van der Waals surface area contributed by atoms with Gasteiger partial charge in [0, 0.05) is 12.5 Å². The third-order valence-electron chi connectivity index (χ3n) is 2.24. The van der Waals surface area contributed by atoms with Crippen molar-refractivity contribution in [1.29, 1.82) is 0 Å². The van der Waals surface area contributed by atoms with Gasteiger partial charge in [0.25, 0.3) is 0 Å². The lowest BCUT2D eigenvalue weighted by molar-refractivity contribution is 0.0524. The topological polar surface area (TPSA) is 29.5 Å². The average molecular weight is 154 g/mol. The maximum Gasteiger partial charge on any atom is 0.119 e. The Hall–Kier alpha value is -0.520. The van der Waals surface area contributed by atoms with Crippen LogP contribution in [0.4, 0.5) is 0 Å². The summed E-state index contributed by atoms with van der Waals surface area (Å²) >= 11 is 0. The molecule has 62 valence electrons. The molecule has 1 fully saturated rings. The number of aliphatic hydroxyl groups excluding tert-OH is 1. The molecule has 0 saturated carbocycles. The minimum atomic E-state index is -0.623. The molecular weight excluding hydrogens is 140 g/mol. The van der Waals surface area contributed by atoms with E-state index < -0.39 is 6.10 Å². The largest absolute Gasteiger partial charge is 0.380 e. The summed E-state index contributed by atoms with van der Waals surface area (Å²) in [6, 6.07) is 0. The molecule has 1 N–H and O–H groups in total. The van der Waals surface area contributed by atoms with Crippen LogP contribution in [0.3, 0.4) is 0 Å². The number of rotatable bonds is 2. The molecule has 1 rings (SSSR count). The molecule has 1 heterocycles. The Kier molecular flexibility index (Phi) is 2.92. The first-order chi connectivity index (χ1) is 5.29. The second-order valence-electron chi connectivity index (χ2n) is 2.88. The van der Waals surface area contributed by atoms with Crippen LogP contribution in [0.25, 0.3) is 0 Å². The van der Waals surface area contributed by atoms with E-state index in [0.717, 1.165) is 19.4 Å². The normalized spacial score (nSPS) is 33.2. The molecule has 1 aliphatic rings. The van der Waals surface area contributed by atoms with E-state index in [1.165, 1.54) is 0 Å². The lowest BCUT2D eigenvalue weighted by atomic mass is 9.94. The van der Waals surface area contributed by atoms with E-state index in [1.807, 2.05) is 6.92 Å². The molecule has 1 aliphatic heterocycles. The first kappa shape index (κ1) is 8.58. The van der Waals surface area contributed by atoms with Crippen molar-refractivity contribution < 1.29 is 9.84 Å². The molecule has 11 heavy (non-hydrogen) atoms. The maximum absolute atomic E-state index is 9.34. The van der Waals surface area contributed by atoms with Gasteiger partial charge in [0.1, 0.15) is 6.10 Å². The van der Waals surface area contributed by atoms with Crippen molar-refractivity contribution in [3.8, 4) is 12.3 Å². The average Bonchev–Trinajstić information content (AvgIpc) is 2.50. The van der Waals surface area contributed by atoms with Gasteiger partial charge in [0.2, 0.25) is 0 Å². The van der Waals surface area contributed by atoms with E-state index in [-0.39, 0.29) is 12.0 Å². The number of ether oxygens (including phenoxy) is 1. The minimum absolute atomic E-state index is 0.157. The fourth-order valence-corrected chi connectivity index (χ4v) is 1.57. The van der Waals surface area contributed by atoms with E-state index in [9.17, 15) is 5.11 Å². The number of hydrogen-bond donors (Lipinski definition) is 1. The zero-order valence-electron chi connectivity index (χ0n) is 6.79. The van der Waals surface area contributed by atoms with Gasteiger partial charge < -0.3 is 9.84 Å². The summed E-state index contributed by atoms with van der Waals surface area (Å²) in [5.41, 5.74) is 0. The highest BCUT2D eigenvalue weighted by molar-refractivity contribution is 5.00. The maximum atomic E-state index is 9.34. The van der Waals surface area contributed by atoms with E-state index in [4.69, 9.17) is 11.2 Å². The van der Waals surface area contributed by atoms with E-state index >= 15 is 0 Å². The van der Waals surface area contributed by atoms with Crippen LogP contribution in [0.2, 0.25) is 0 Å². The molecule has 0 aromatic heterocycles. The predicted octanol–water partition coefficient (Wildman–Crippen LogP) is 0.796. The lowest BCUT2D eigenvalue weighted by Gasteiger charge is -2.18. The smallest absolute Gasteiger partial charge is 0.119 e. The highest BCUT2D eigenvalue weighted by Crippen LogP contribution is 2.25. The fraction of sp³-hybridized carbons (Fsp3) is 0.778. The van der Waals surface area contributed by atoms with Crippen LogP contribution in [0.5, 0.6) is 0 Å². The van der Waals surface area contributed by atoms with Crippen LogP contribution in [0, 0.1) is 18.3 Å². The van der Waals surface area contributed by atoms with Gasteiger partial charge in [-0.1, -0.05) is 12.8 Å². The lowest BCUT2D eigenvalue weighted by Crippen LogP contribution is -2.26. The summed E-state index contributed by atoms with van der Waals surface area (Å²) < 4.78 is 5.38. The second-order valence-corrected chi connectivity index (χ2v) is 2.88. The van der Waals surface area contributed by atoms with E-state index in [2.05, 4.69) is 5.92 Å². The zero-order chi connectivity index (χ0) is 8.27. The monoisotopic (exact) mass is 154 g/mol. The standard InChI is InChI=1S/C9H14O2/c1-3-8(10)7-5-6-11-9(7)4-2/h1,7-10H,4-6H2,2H3. The van der Waals surface area contributed by atoms with Crippen molar-refractivity contribution in [2.45, 2.75) is 32.0 Å². The molecule has 0 aromatic carbocycles. The summed E-state index contributed by atoms with van der Waals surface area (Å²) in [5.74, 6) is 2.50. The highest BCUT2D eigenvalue weighted by atomic mass is 16.5. The molecule has 0 aromatic rings. The third-order valence-corrected chi connectivity index (χ3v) is 2.24. The van der Waals surface area contributed by atoms with Crippen molar-refractivity contribution >= 4 is 0 Å². The van der Waals surface area contributed by atoms with Gasteiger partial charge in [0.15, 0.2) is 0 Å². The van der Waals surface area contributed by atoms with Crippen molar-refractivity contribution in [3.05, 3.63) is 0 Å². The highest BCUT2D eigenvalue weighted by Gasteiger charge is 2.31. The molecule has 2 heteroatoms. The van der Waals surface area contributed by atoms with Crippen LogP contribution >= 0.6 is 0 Å². The summed E-state index contributed by atoms with van der Waals surface area (Å²) in [6.07, 6.45) is 6.48. The summed E-state index contributed by atoms with van der Waals surface area (Å²) in [7, 11) is 0. The molecule has 0 radical (unpaired) electrons. The number of aliphatic hydroxyl groups is 1. The van der Waals surface area contributed by atoms with Gasteiger partial charge in [-0.3, -0.25) is 0 Å². The second kappa shape index (κ2) is 3.75. The minimum Gasteiger partial charge on any atom is -0.380 e. The van der Waals surface area contributed by atoms with Crippen LogP contribution in [0.15, 0.2) is 0 Å². The van der Waals surface area contributed by atoms with Crippen LogP contribution < -0.4 is 0 Å². The van der Waals surface area contributed by atoms with E-state index in [1.54, 1.807) is 0 Å². The third kappa shape index (κ3) is 1.74. The van der Waals surface area contributed by atoms with Crippen LogP contribution in [0.1, 0.15) is 19.8 Å². The molecule has 0 bridgehead atoms. The Bertz CT molecular complexity index is 159. The Labute approximate surface area is 67.6 Å². The van der Waals surface area contributed by atoms with Gasteiger partial charge in [0.05, 0.1) is 6.10 Å². The van der Waals surface area contributed by atoms with Gasteiger partial charge in [-0.25, -0.2) is 0 Å². The van der Waals surface area contributed by atoms with Crippen molar-refractivity contribution in [1.82, 2.24) is 0 Å². The molecule has 3 atom stereocenters. The summed E-state index contributed by atoms with van der Waals surface area (Å²) in [5, 5.41) is 9.34. The quantitative estimate of drug-likeness (QED) is 0.596. The SMILES string of the molecule is C#CC(O)C1CCOC1CC. The fourth-order valence-electron chi connectivity index (χ4n) is 1.57. The van der Waals surface area contributed by atoms with Crippen LogP contribution in [-0.2, 0) is 4.74 Å². The van der Waals surface area contributed by atoms with Crippen molar-refractivity contribution in [2.24, 2.45) is 5.92 Å². The van der Waals surface area contributed by atoms with E-state index in [0.29, 0.717) is 0 Å². The molecular formula is C9H14O2. The van der Waals surface area contributed by atoms with Crippen molar-refractivity contribution in [2.75, 3.05) is 6.61 Å². The van der Waals surface area contributed by atoms with Crippen molar-refractivity contribution in [3.63, 3.8) is 0 Å². The zero-order valence-corrected chi connectivity index (χ0v) is 6.79. The Morgan fingerprint density at radius 3 is 3.09 bits per heavy atom. The Morgan fingerprint density at radius 2 is 2.55 bits per heavy atom. The molecule has 0 aliphatic carbocycles. The first-order valence-corrected chi connectivity index (χ1v) is 4.05. The molecule has 0 amide bonds. The van der Waals surface area contributed by atoms with Gasteiger partial charge in [-0.2, -0.15) is 0 Å². The Morgan fingerprint density at radius 1 is 1.82 bits per heavy atom. The summed E-state index contributed by atoms with van der Waals surface area (Å²) in [4.78, 5) is 0. The summed E-state index contributed by atoms with van der Waals surface area (Å²) in [6.45, 7) is 2.79. The first-order valence-electron chi connectivity index (χ1n) is 4.05.